The van der Waals surface area contributed by atoms with E-state index < -0.39 is 11.4 Å². The van der Waals surface area contributed by atoms with Crippen molar-refractivity contribution in [3.63, 3.8) is 0 Å². The average molecular weight is 561 g/mol. The predicted octanol–water partition coefficient (Wildman–Crippen LogP) is 5.80. The summed E-state index contributed by atoms with van der Waals surface area (Å²) in [5.74, 6) is 0.567. The molecule has 1 saturated heterocycles. The number of carbonyl (C=O) groups is 1. The van der Waals surface area contributed by atoms with Crippen LogP contribution < -0.4 is 10.2 Å². The van der Waals surface area contributed by atoms with Gasteiger partial charge in [-0.05, 0) is 57.4 Å². The van der Waals surface area contributed by atoms with E-state index >= 15 is 0 Å². The Kier molecular flexibility index (Phi) is 7.54. The number of nitrogens with zero attached hydrogens (tertiary/aromatic N) is 7. The number of pyridine rings is 1. The zero-order valence-electron chi connectivity index (χ0n) is 24.7. The fraction of sp³-hybridized carbons (Fsp3) is 0.433. The summed E-state index contributed by atoms with van der Waals surface area (Å²) in [6, 6.07) is 7.57. The molecule has 3 aromatic heterocycles. The minimum Gasteiger partial charge on any atom is -0.444 e. The van der Waals surface area contributed by atoms with Gasteiger partial charge < -0.3 is 19.9 Å². The van der Waals surface area contributed by atoms with E-state index in [1.54, 1.807) is 11.1 Å². The van der Waals surface area contributed by atoms with Crippen molar-refractivity contribution >= 4 is 34.4 Å². The first kappa shape index (κ1) is 28.3. The van der Waals surface area contributed by atoms with Crippen LogP contribution in [0.4, 0.5) is 26.6 Å². The van der Waals surface area contributed by atoms with E-state index in [2.05, 4.69) is 44.1 Å². The molecule has 1 N–H and O–H groups in total. The number of halogens is 1. The van der Waals surface area contributed by atoms with Gasteiger partial charge in [0.2, 0.25) is 5.95 Å². The highest BCUT2D eigenvalue weighted by Crippen LogP contribution is 2.31. The van der Waals surface area contributed by atoms with Crippen molar-refractivity contribution in [3.05, 3.63) is 53.7 Å². The van der Waals surface area contributed by atoms with Gasteiger partial charge in [0.1, 0.15) is 17.1 Å². The van der Waals surface area contributed by atoms with Gasteiger partial charge in [0.25, 0.3) is 0 Å². The van der Waals surface area contributed by atoms with E-state index in [9.17, 15) is 9.18 Å². The third-order valence-electron chi connectivity index (χ3n) is 7.04. The number of aromatic nitrogens is 5. The first-order valence-corrected chi connectivity index (χ1v) is 13.9. The van der Waals surface area contributed by atoms with Crippen LogP contribution in [0.3, 0.4) is 0 Å². The molecule has 0 bridgehead atoms. The van der Waals surface area contributed by atoms with Crippen LogP contribution in [-0.4, -0.2) is 67.5 Å². The zero-order valence-corrected chi connectivity index (χ0v) is 24.7. The van der Waals surface area contributed by atoms with Gasteiger partial charge in [-0.1, -0.05) is 19.9 Å². The molecule has 4 aromatic rings. The quantitative estimate of drug-likeness (QED) is 0.327. The lowest BCUT2D eigenvalue weighted by molar-refractivity contribution is 0.0240. The second-order valence-corrected chi connectivity index (χ2v) is 11.7. The maximum Gasteiger partial charge on any atom is 0.410 e. The molecule has 4 heterocycles. The van der Waals surface area contributed by atoms with E-state index in [4.69, 9.17) is 4.74 Å². The van der Waals surface area contributed by atoms with E-state index in [1.807, 2.05) is 63.7 Å². The van der Waals surface area contributed by atoms with Gasteiger partial charge in [-0.3, -0.25) is 4.68 Å². The summed E-state index contributed by atoms with van der Waals surface area (Å²) >= 11 is 0. The largest absolute Gasteiger partial charge is 0.444 e. The molecule has 0 unspecified atom stereocenters. The number of carbonyl (C=O) groups excluding carboxylic acids is 1. The van der Waals surface area contributed by atoms with Crippen LogP contribution in [-0.2, 0) is 11.8 Å². The van der Waals surface area contributed by atoms with Gasteiger partial charge >= 0.3 is 6.09 Å². The summed E-state index contributed by atoms with van der Waals surface area (Å²) in [5, 5.41) is 8.68. The summed E-state index contributed by atoms with van der Waals surface area (Å²) in [6.07, 6.45) is 2.69. The molecule has 11 heteroatoms. The molecule has 10 nitrogen and oxygen atoms in total. The lowest BCUT2D eigenvalue weighted by Gasteiger charge is -2.37. The first-order valence-electron chi connectivity index (χ1n) is 13.9. The van der Waals surface area contributed by atoms with Crippen LogP contribution in [0.2, 0.25) is 0 Å². The highest BCUT2D eigenvalue weighted by atomic mass is 19.1. The monoisotopic (exact) mass is 560 g/mol. The van der Waals surface area contributed by atoms with Crippen molar-refractivity contribution in [2.75, 3.05) is 36.4 Å². The van der Waals surface area contributed by atoms with E-state index in [1.165, 1.54) is 6.20 Å². The number of hydrogen-bond donors (Lipinski definition) is 1. The molecule has 1 fully saturated rings. The van der Waals surface area contributed by atoms with Gasteiger partial charge in [-0.2, -0.15) is 5.10 Å². The minimum atomic E-state index is -0.517. The Labute approximate surface area is 239 Å². The molecule has 0 aliphatic carbocycles. The molecule has 0 radical (unpaired) electrons. The fourth-order valence-electron chi connectivity index (χ4n) is 5.20. The van der Waals surface area contributed by atoms with E-state index in [0.29, 0.717) is 37.6 Å². The Bertz CT molecular complexity index is 1590. The topological polar surface area (TPSA) is 101 Å². The molecule has 0 saturated carbocycles. The molecular weight excluding hydrogens is 523 g/mol. The summed E-state index contributed by atoms with van der Waals surface area (Å²) in [4.78, 5) is 29.6. The number of piperazine rings is 1. The van der Waals surface area contributed by atoms with Crippen molar-refractivity contribution in [2.45, 2.75) is 53.1 Å². The molecule has 0 atom stereocenters. The smallest absolute Gasteiger partial charge is 0.410 e. The number of ether oxygens (including phenoxy) is 1. The number of hydrogen-bond acceptors (Lipinski definition) is 8. The molecule has 1 aliphatic heterocycles. The molecule has 0 spiro atoms. The Morgan fingerprint density at radius 3 is 2.46 bits per heavy atom. The molecule has 5 rings (SSSR count). The highest BCUT2D eigenvalue weighted by molar-refractivity contribution is 5.87. The van der Waals surface area contributed by atoms with Gasteiger partial charge in [0.05, 0.1) is 23.6 Å². The molecule has 1 aliphatic rings. The van der Waals surface area contributed by atoms with E-state index in [-0.39, 0.29) is 23.7 Å². The van der Waals surface area contributed by atoms with Crippen molar-refractivity contribution in [1.29, 1.82) is 0 Å². The van der Waals surface area contributed by atoms with Gasteiger partial charge in [-0.15, -0.1) is 0 Å². The number of aryl methyl sites for hydroxylation is 2. The Balaban J connectivity index is 1.31. The first-order chi connectivity index (χ1) is 19.4. The van der Waals surface area contributed by atoms with E-state index in [0.717, 1.165) is 27.8 Å². The Morgan fingerprint density at radius 2 is 1.80 bits per heavy atom. The maximum atomic E-state index is 14.9. The fourth-order valence-corrected chi connectivity index (χ4v) is 5.20. The second kappa shape index (κ2) is 10.9. The van der Waals surface area contributed by atoms with Crippen LogP contribution in [0, 0.1) is 12.7 Å². The van der Waals surface area contributed by atoms with Crippen molar-refractivity contribution in [2.24, 2.45) is 7.05 Å². The maximum absolute atomic E-state index is 14.9. The van der Waals surface area contributed by atoms with Crippen molar-refractivity contribution in [3.8, 4) is 11.3 Å². The normalized spacial score (nSPS) is 14.2. The molecule has 41 heavy (non-hydrogen) atoms. The van der Waals surface area contributed by atoms with Crippen LogP contribution in [0.25, 0.3) is 22.2 Å². The Hall–Kier alpha value is -4.28. The number of amides is 1. The number of rotatable bonds is 5. The number of anilines is 3. The van der Waals surface area contributed by atoms with Crippen molar-refractivity contribution < 1.29 is 13.9 Å². The second-order valence-electron chi connectivity index (χ2n) is 11.7. The summed E-state index contributed by atoms with van der Waals surface area (Å²) < 4.78 is 22.3. The van der Waals surface area contributed by atoms with Gasteiger partial charge in [0, 0.05) is 49.9 Å². The molecule has 216 valence electrons. The van der Waals surface area contributed by atoms with Crippen LogP contribution >= 0.6 is 0 Å². The van der Waals surface area contributed by atoms with Crippen LogP contribution in [0.5, 0.6) is 0 Å². The number of benzene rings is 1. The Morgan fingerprint density at radius 1 is 1.07 bits per heavy atom. The zero-order chi connectivity index (χ0) is 29.5. The van der Waals surface area contributed by atoms with Gasteiger partial charge in [0.15, 0.2) is 5.82 Å². The van der Waals surface area contributed by atoms with Crippen LogP contribution in [0.15, 0.2) is 36.7 Å². The SMILES string of the molecule is Cc1cc(Nc2ncc(F)c(-c3ccc4nn(C)c(C(C)C)c4c3)n2)ncc1N1CCN(C(=O)OC(C)(C)C)CC1. The average Bonchev–Trinajstić information content (AvgIpc) is 3.24. The summed E-state index contributed by atoms with van der Waals surface area (Å²) in [7, 11) is 1.92. The third kappa shape index (κ3) is 6.08. The molecule has 1 amide bonds. The lowest BCUT2D eigenvalue weighted by atomic mass is 10.0. The van der Waals surface area contributed by atoms with Gasteiger partial charge in [-0.25, -0.2) is 24.1 Å². The third-order valence-corrected chi connectivity index (χ3v) is 7.04. The standard InChI is InChI=1S/C30H37FN8O2/c1-18(2)27-21-15-20(8-9-23(21)36-37(27)7)26-22(31)16-33-28(35-26)34-25-14-19(3)24(17-32-25)38-10-12-39(13-11-38)29(40)41-30(4,5)6/h8-9,14-18H,10-13H2,1-7H3,(H,32,33,34,35). The lowest BCUT2D eigenvalue weighted by Crippen LogP contribution is -2.50. The summed E-state index contributed by atoms with van der Waals surface area (Å²) in [6.45, 7) is 14.3. The summed E-state index contributed by atoms with van der Waals surface area (Å²) in [5.41, 5.74) is 4.29. The minimum absolute atomic E-state index is 0.208. The van der Waals surface area contributed by atoms with Crippen LogP contribution in [0.1, 0.15) is 51.8 Å². The van der Waals surface area contributed by atoms with Crippen molar-refractivity contribution in [1.82, 2.24) is 29.6 Å². The number of fused-ring (bicyclic) bond motifs is 1. The highest BCUT2D eigenvalue weighted by Gasteiger charge is 2.26. The molecular formula is C30H37FN8O2. The number of nitrogens with one attached hydrogen (secondary N) is 1. The predicted molar refractivity (Wildman–Crippen MR) is 158 cm³/mol. The molecule has 1 aromatic carbocycles.